The molecule has 0 fully saturated rings. The molecule has 1 unspecified atom stereocenters. The first kappa shape index (κ1) is 9.20. The predicted octanol–water partition coefficient (Wildman–Crippen LogP) is 3.32. The van der Waals surface area contributed by atoms with Crippen molar-refractivity contribution in [2.24, 2.45) is 4.99 Å². The van der Waals surface area contributed by atoms with Crippen molar-refractivity contribution < 1.29 is 0 Å². The first-order valence-electron chi connectivity index (χ1n) is 5.06. The van der Waals surface area contributed by atoms with Crippen LogP contribution in [0, 0.1) is 0 Å². The summed E-state index contributed by atoms with van der Waals surface area (Å²) in [6.45, 7) is 4.26. The third-order valence-corrected chi connectivity index (χ3v) is 2.53. The molecule has 2 rings (SSSR count). The van der Waals surface area contributed by atoms with Crippen LogP contribution in [0.25, 0.3) is 6.08 Å². The molecule has 1 nitrogen and oxygen atoms in total. The van der Waals surface area contributed by atoms with E-state index in [0.717, 1.165) is 6.42 Å². The number of nitrogens with zero attached hydrogens (tertiary/aromatic N) is 1. The highest BCUT2D eigenvalue weighted by molar-refractivity contribution is 6.03. The zero-order valence-corrected chi connectivity index (χ0v) is 8.70. The highest BCUT2D eigenvalue weighted by Crippen LogP contribution is 2.21. The fourth-order valence-electron chi connectivity index (χ4n) is 1.84. The Bertz CT molecular complexity index is 373. The Hall–Kier alpha value is -1.37. The molecule has 0 radical (unpaired) electrons. The third-order valence-electron chi connectivity index (χ3n) is 2.53. The van der Waals surface area contributed by atoms with E-state index in [2.05, 4.69) is 49.2 Å². The average molecular weight is 185 g/mol. The highest BCUT2D eigenvalue weighted by Gasteiger charge is 2.14. The molecule has 1 heterocycles. The molecule has 0 saturated heterocycles. The number of hydrogen-bond donors (Lipinski definition) is 0. The molecule has 0 saturated carbocycles. The van der Waals surface area contributed by atoms with Gasteiger partial charge in [-0.2, -0.15) is 0 Å². The lowest BCUT2D eigenvalue weighted by Crippen LogP contribution is -1.91. The Morgan fingerprint density at radius 1 is 1.29 bits per heavy atom. The van der Waals surface area contributed by atoms with E-state index in [1.165, 1.54) is 16.8 Å². The van der Waals surface area contributed by atoms with Crippen molar-refractivity contribution in [2.45, 2.75) is 26.3 Å². The Morgan fingerprint density at radius 3 is 2.57 bits per heavy atom. The summed E-state index contributed by atoms with van der Waals surface area (Å²) in [7, 11) is 0. The summed E-state index contributed by atoms with van der Waals surface area (Å²) in [6, 6.07) is 10.9. The monoisotopic (exact) mass is 185 g/mol. The molecule has 0 amide bonds. The Kier molecular flexibility index (Phi) is 2.49. The standard InChI is InChI=1S/C13H15N/c1-10-8-13(11(2)14-10)9-12-6-4-3-5-7-12/h3-7,9-10H,8H2,1-2H3. The number of aliphatic imine (C=N–C) groups is 1. The van der Waals surface area contributed by atoms with Gasteiger partial charge in [-0.1, -0.05) is 30.3 Å². The third kappa shape index (κ3) is 1.92. The van der Waals surface area contributed by atoms with Gasteiger partial charge in [0.2, 0.25) is 0 Å². The fourth-order valence-corrected chi connectivity index (χ4v) is 1.84. The van der Waals surface area contributed by atoms with Crippen LogP contribution in [0.1, 0.15) is 25.8 Å². The van der Waals surface area contributed by atoms with E-state index in [4.69, 9.17) is 0 Å². The molecule has 1 aliphatic rings. The second-order valence-electron chi connectivity index (χ2n) is 3.85. The molecule has 0 spiro atoms. The first-order chi connectivity index (χ1) is 6.75. The Morgan fingerprint density at radius 2 is 2.00 bits per heavy atom. The zero-order chi connectivity index (χ0) is 9.97. The maximum atomic E-state index is 4.51. The van der Waals surface area contributed by atoms with Crippen LogP contribution in [0.15, 0.2) is 40.9 Å². The summed E-state index contributed by atoms with van der Waals surface area (Å²) in [5.74, 6) is 0. The first-order valence-corrected chi connectivity index (χ1v) is 5.06. The lowest BCUT2D eigenvalue weighted by atomic mass is 10.0. The molecule has 72 valence electrons. The van der Waals surface area contributed by atoms with Gasteiger partial charge < -0.3 is 0 Å². The van der Waals surface area contributed by atoms with Crippen molar-refractivity contribution in [3.63, 3.8) is 0 Å². The van der Waals surface area contributed by atoms with Crippen molar-refractivity contribution in [1.29, 1.82) is 0 Å². The molecule has 1 aliphatic heterocycles. The maximum Gasteiger partial charge on any atom is 0.0515 e. The molecule has 1 heteroatoms. The van der Waals surface area contributed by atoms with E-state index < -0.39 is 0 Å². The van der Waals surface area contributed by atoms with Gasteiger partial charge in [0, 0.05) is 5.71 Å². The molecular weight excluding hydrogens is 170 g/mol. The number of hydrogen-bond acceptors (Lipinski definition) is 1. The molecule has 0 aliphatic carbocycles. The minimum Gasteiger partial charge on any atom is -0.286 e. The molecule has 1 aromatic rings. The van der Waals surface area contributed by atoms with Crippen LogP contribution in [0.5, 0.6) is 0 Å². The summed E-state index contributed by atoms with van der Waals surface area (Å²) in [5, 5.41) is 0. The zero-order valence-electron chi connectivity index (χ0n) is 8.70. The molecule has 14 heavy (non-hydrogen) atoms. The summed E-state index contributed by atoms with van der Waals surface area (Å²) >= 11 is 0. The van der Waals surface area contributed by atoms with Crippen molar-refractivity contribution >= 4 is 11.8 Å². The minimum atomic E-state index is 0.463. The summed E-state index contributed by atoms with van der Waals surface area (Å²) in [6.07, 6.45) is 3.32. The van der Waals surface area contributed by atoms with Crippen LogP contribution in [0.2, 0.25) is 0 Å². The van der Waals surface area contributed by atoms with Crippen LogP contribution in [0.3, 0.4) is 0 Å². The van der Waals surface area contributed by atoms with Gasteiger partial charge in [0.05, 0.1) is 6.04 Å². The van der Waals surface area contributed by atoms with Gasteiger partial charge >= 0.3 is 0 Å². The lowest BCUT2D eigenvalue weighted by molar-refractivity contribution is 0.784. The largest absolute Gasteiger partial charge is 0.286 e. The van der Waals surface area contributed by atoms with Crippen LogP contribution in [-0.2, 0) is 0 Å². The molecule has 0 aromatic heterocycles. The topological polar surface area (TPSA) is 12.4 Å². The summed E-state index contributed by atoms with van der Waals surface area (Å²) in [4.78, 5) is 4.51. The van der Waals surface area contributed by atoms with Crippen LogP contribution in [-0.4, -0.2) is 11.8 Å². The van der Waals surface area contributed by atoms with Crippen LogP contribution < -0.4 is 0 Å². The number of rotatable bonds is 1. The van der Waals surface area contributed by atoms with Gasteiger partial charge in [-0.25, -0.2) is 0 Å². The van der Waals surface area contributed by atoms with E-state index in [0.29, 0.717) is 6.04 Å². The lowest BCUT2D eigenvalue weighted by Gasteiger charge is -1.98. The van der Waals surface area contributed by atoms with E-state index in [1.54, 1.807) is 0 Å². The highest BCUT2D eigenvalue weighted by atomic mass is 14.8. The molecule has 1 atom stereocenters. The van der Waals surface area contributed by atoms with E-state index in [-0.39, 0.29) is 0 Å². The summed E-state index contributed by atoms with van der Waals surface area (Å²) < 4.78 is 0. The average Bonchev–Trinajstić information content (AvgIpc) is 2.47. The van der Waals surface area contributed by atoms with Gasteiger partial charge in [-0.3, -0.25) is 4.99 Å². The van der Waals surface area contributed by atoms with Gasteiger partial charge in [0.25, 0.3) is 0 Å². The van der Waals surface area contributed by atoms with Gasteiger partial charge in [0.1, 0.15) is 0 Å². The van der Waals surface area contributed by atoms with Crippen molar-refractivity contribution in [2.75, 3.05) is 0 Å². The van der Waals surface area contributed by atoms with Crippen molar-refractivity contribution in [3.05, 3.63) is 41.5 Å². The minimum absolute atomic E-state index is 0.463. The quantitative estimate of drug-likeness (QED) is 0.636. The molecule has 1 aromatic carbocycles. The summed E-state index contributed by atoms with van der Waals surface area (Å²) in [5.41, 5.74) is 3.84. The molecular formula is C13H15N. The van der Waals surface area contributed by atoms with Crippen LogP contribution in [0.4, 0.5) is 0 Å². The normalized spacial score (nSPS) is 24.0. The second kappa shape index (κ2) is 3.79. The smallest absolute Gasteiger partial charge is 0.0515 e. The van der Waals surface area contributed by atoms with Crippen LogP contribution >= 0.6 is 0 Å². The van der Waals surface area contributed by atoms with Gasteiger partial charge in [-0.15, -0.1) is 0 Å². The van der Waals surface area contributed by atoms with Gasteiger partial charge in [0.15, 0.2) is 0 Å². The fraction of sp³-hybridized carbons (Fsp3) is 0.308. The maximum absolute atomic E-state index is 4.51. The van der Waals surface area contributed by atoms with Crippen molar-refractivity contribution in [3.8, 4) is 0 Å². The number of benzene rings is 1. The molecule has 0 N–H and O–H groups in total. The Labute approximate surface area is 85.2 Å². The van der Waals surface area contributed by atoms with E-state index in [1.807, 2.05) is 6.07 Å². The van der Waals surface area contributed by atoms with E-state index >= 15 is 0 Å². The predicted molar refractivity (Wildman–Crippen MR) is 61.6 cm³/mol. The van der Waals surface area contributed by atoms with E-state index in [9.17, 15) is 0 Å². The Balaban J connectivity index is 2.25. The second-order valence-corrected chi connectivity index (χ2v) is 3.85. The van der Waals surface area contributed by atoms with Crippen molar-refractivity contribution in [1.82, 2.24) is 0 Å². The molecule has 0 bridgehead atoms. The SMILES string of the molecule is CC1=NC(C)CC1=Cc1ccccc1. The van der Waals surface area contributed by atoms with Gasteiger partial charge in [-0.05, 0) is 37.5 Å².